The van der Waals surface area contributed by atoms with Crippen molar-refractivity contribution in [1.29, 1.82) is 0 Å². The van der Waals surface area contributed by atoms with E-state index >= 15 is 0 Å². The number of pyridine rings is 1. The summed E-state index contributed by atoms with van der Waals surface area (Å²) in [6, 6.07) is 11.0. The molecule has 0 aliphatic rings. The molecule has 96 valence electrons. The molecule has 2 rings (SSSR count). The first-order valence-electron chi connectivity index (χ1n) is 6.93. The van der Waals surface area contributed by atoms with Crippen molar-refractivity contribution < 1.29 is 0 Å². The molecule has 0 saturated heterocycles. The summed E-state index contributed by atoms with van der Waals surface area (Å²) in [4.78, 5) is 4.55. The topological polar surface area (TPSA) is 24.9 Å². The summed E-state index contributed by atoms with van der Waals surface area (Å²) in [5.74, 6) is 0. The predicted molar refractivity (Wildman–Crippen MR) is 77.7 cm³/mol. The summed E-state index contributed by atoms with van der Waals surface area (Å²) < 4.78 is 0. The fourth-order valence-electron chi connectivity index (χ4n) is 2.32. The predicted octanol–water partition coefficient (Wildman–Crippen LogP) is 4.08. The molecule has 1 unspecified atom stereocenters. The molecule has 0 radical (unpaired) electrons. The molecule has 2 heteroatoms. The molecule has 0 aliphatic heterocycles. The molecule has 0 fully saturated rings. The maximum absolute atomic E-state index is 4.55. The van der Waals surface area contributed by atoms with E-state index in [2.05, 4.69) is 48.4 Å². The summed E-state index contributed by atoms with van der Waals surface area (Å²) in [6.45, 7) is 5.40. The molecule has 2 nitrogen and oxygen atoms in total. The number of aromatic nitrogens is 1. The molecule has 0 bridgehead atoms. The van der Waals surface area contributed by atoms with Gasteiger partial charge in [-0.2, -0.15) is 0 Å². The summed E-state index contributed by atoms with van der Waals surface area (Å²) in [5, 5.41) is 4.79. The Morgan fingerprint density at radius 3 is 2.83 bits per heavy atom. The summed E-state index contributed by atoms with van der Waals surface area (Å²) >= 11 is 0. The first-order chi connectivity index (χ1) is 8.85. The van der Waals surface area contributed by atoms with Crippen molar-refractivity contribution in [2.24, 2.45) is 0 Å². The number of benzene rings is 1. The molecule has 0 amide bonds. The molecular formula is C16H22N2. The minimum atomic E-state index is 0.437. The van der Waals surface area contributed by atoms with Gasteiger partial charge in [0.1, 0.15) is 0 Å². The van der Waals surface area contributed by atoms with Crippen molar-refractivity contribution in [3.05, 3.63) is 42.1 Å². The molecular weight excluding hydrogens is 220 g/mol. The minimum Gasteiger partial charge on any atom is -0.310 e. The van der Waals surface area contributed by atoms with Crippen molar-refractivity contribution >= 4 is 10.9 Å². The van der Waals surface area contributed by atoms with Gasteiger partial charge >= 0.3 is 0 Å². The minimum absolute atomic E-state index is 0.437. The van der Waals surface area contributed by atoms with Crippen molar-refractivity contribution in [1.82, 2.24) is 10.3 Å². The number of rotatable bonds is 6. The van der Waals surface area contributed by atoms with Gasteiger partial charge in [0.2, 0.25) is 0 Å². The molecule has 1 heterocycles. The molecule has 18 heavy (non-hydrogen) atoms. The first-order valence-corrected chi connectivity index (χ1v) is 6.93. The second-order valence-electron chi connectivity index (χ2n) is 4.71. The van der Waals surface area contributed by atoms with Gasteiger partial charge in [0.25, 0.3) is 0 Å². The third-order valence-electron chi connectivity index (χ3n) is 3.31. The zero-order chi connectivity index (χ0) is 12.8. The summed E-state index contributed by atoms with van der Waals surface area (Å²) in [7, 11) is 0. The number of hydrogen-bond acceptors (Lipinski definition) is 2. The van der Waals surface area contributed by atoms with Crippen LogP contribution >= 0.6 is 0 Å². The lowest BCUT2D eigenvalue weighted by Crippen LogP contribution is -2.21. The molecule has 1 aromatic carbocycles. The average molecular weight is 242 g/mol. The largest absolute Gasteiger partial charge is 0.310 e. The van der Waals surface area contributed by atoms with Gasteiger partial charge in [-0.1, -0.05) is 44.9 Å². The Labute approximate surface area is 109 Å². The van der Waals surface area contributed by atoms with Crippen LogP contribution in [-0.4, -0.2) is 11.5 Å². The SMILES string of the molecule is CCCCC(NCC)c1cnc2ccccc2c1. The van der Waals surface area contributed by atoms with E-state index in [0.29, 0.717) is 6.04 Å². The highest BCUT2D eigenvalue weighted by Crippen LogP contribution is 2.22. The Hall–Kier alpha value is -1.41. The Morgan fingerprint density at radius 2 is 2.06 bits per heavy atom. The lowest BCUT2D eigenvalue weighted by Gasteiger charge is -2.18. The Morgan fingerprint density at radius 1 is 1.22 bits per heavy atom. The number of hydrogen-bond donors (Lipinski definition) is 1. The van der Waals surface area contributed by atoms with Crippen molar-refractivity contribution in [2.75, 3.05) is 6.54 Å². The fourth-order valence-corrected chi connectivity index (χ4v) is 2.32. The Kier molecular flexibility index (Phi) is 4.71. The van der Waals surface area contributed by atoms with Gasteiger partial charge in [-0.05, 0) is 30.7 Å². The van der Waals surface area contributed by atoms with Crippen molar-refractivity contribution in [2.45, 2.75) is 39.2 Å². The normalized spacial score (nSPS) is 12.8. The zero-order valence-corrected chi connectivity index (χ0v) is 11.3. The summed E-state index contributed by atoms with van der Waals surface area (Å²) in [6.07, 6.45) is 5.70. The van der Waals surface area contributed by atoms with Crippen LogP contribution in [0.4, 0.5) is 0 Å². The molecule has 0 aliphatic carbocycles. The van der Waals surface area contributed by atoms with E-state index < -0.39 is 0 Å². The van der Waals surface area contributed by atoms with Gasteiger partial charge < -0.3 is 5.32 Å². The number of nitrogens with zero attached hydrogens (tertiary/aromatic N) is 1. The molecule has 1 atom stereocenters. The number of unbranched alkanes of at least 4 members (excludes halogenated alkanes) is 1. The van der Waals surface area contributed by atoms with E-state index in [-0.39, 0.29) is 0 Å². The molecule has 0 spiro atoms. The van der Waals surface area contributed by atoms with Gasteiger partial charge in [-0.3, -0.25) is 4.98 Å². The van der Waals surface area contributed by atoms with Gasteiger partial charge in [-0.25, -0.2) is 0 Å². The second kappa shape index (κ2) is 6.50. The zero-order valence-electron chi connectivity index (χ0n) is 11.3. The first kappa shape index (κ1) is 13.0. The average Bonchev–Trinajstić information content (AvgIpc) is 2.43. The van der Waals surface area contributed by atoms with E-state index in [1.165, 1.54) is 30.2 Å². The smallest absolute Gasteiger partial charge is 0.0702 e. The van der Waals surface area contributed by atoms with E-state index in [9.17, 15) is 0 Å². The van der Waals surface area contributed by atoms with Gasteiger partial charge in [0.15, 0.2) is 0 Å². The standard InChI is InChI=1S/C16H22N2/c1-3-5-9-16(17-4-2)14-11-13-8-6-7-10-15(13)18-12-14/h6-8,10-12,16-17H,3-5,9H2,1-2H3. The molecule has 1 aromatic heterocycles. The van der Waals surface area contributed by atoms with E-state index in [1.807, 2.05) is 12.3 Å². The van der Waals surface area contributed by atoms with Crippen LogP contribution < -0.4 is 5.32 Å². The lowest BCUT2D eigenvalue weighted by molar-refractivity contribution is 0.494. The quantitative estimate of drug-likeness (QED) is 0.825. The molecule has 1 N–H and O–H groups in total. The third-order valence-corrected chi connectivity index (χ3v) is 3.31. The monoisotopic (exact) mass is 242 g/mol. The van der Waals surface area contributed by atoms with E-state index in [1.54, 1.807) is 0 Å². The van der Waals surface area contributed by atoms with Crippen molar-refractivity contribution in [3.63, 3.8) is 0 Å². The van der Waals surface area contributed by atoms with Crippen LogP contribution in [0.5, 0.6) is 0 Å². The van der Waals surface area contributed by atoms with Crippen LogP contribution in [0.1, 0.15) is 44.7 Å². The fraction of sp³-hybridized carbons (Fsp3) is 0.438. The van der Waals surface area contributed by atoms with Crippen LogP contribution in [0.15, 0.2) is 36.5 Å². The van der Waals surface area contributed by atoms with Crippen LogP contribution in [0.3, 0.4) is 0 Å². The van der Waals surface area contributed by atoms with Gasteiger partial charge in [0.05, 0.1) is 5.52 Å². The molecule has 2 aromatic rings. The highest BCUT2D eigenvalue weighted by Gasteiger charge is 2.10. The third kappa shape index (κ3) is 3.08. The van der Waals surface area contributed by atoms with Gasteiger partial charge in [0, 0.05) is 17.6 Å². The van der Waals surface area contributed by atoms with Crippen LogP contribution in [0, 0.1) is 0 Å². The Balaban J connectivity index is 2.25. The molecule has 0 saturated carbocycles. The highest BCUT2D eigenvalue weighted by molar-refractivity contribution is 5.78. The summed E-state index contributed by atoms with van der Waals surface area (Å²) in [5.41, 5.74) is 2.39. The number of fused-ring (bicyclic) bond motifs is 1. The van der Waals surface area contributed by atoms with Crippen molar-refractivity contribution in [3.8, 4) is 0 Å². The van der Waals surface area contributed by atoms with E-state index in [4.69, 9.17) is 0 Å². The Bertz CT molecular complexity index is 493. The van der Waals surface area contributed by atoms with Crippen LogP contribution in [0.2, 0.25) is 0 Å². The maximum atomic E-state index is 4.55. The second-order valence-corrected chi connectivity index (χ2v) is 4.71. The number of nitrogens with one attached hydrogen (secondary N) is 1. The van der Waals surface area contributed by atoms with Gasteiger partial charge in [-0.15, -0.1) is 0 Å². The highest BCUT2D eigenvalue weighted by atomic mass is 14.9. The van der Waals surface area contributed by atoms with E-state index in [0.717, 1.165) is 12.1 Å². The van der Waals surface area contributed by atoms with Crippen LogP contribution in [-0.2, 0) is 0 Å². The van der Waals surface area contributed by atoms with Crippen LogP contribution in [0.25, 0.3) is 10.9 Å². The lowest BCUT2D eigenvalue weighted by atomic mass is 10.0. The maximum Gasteiger partial charge on any atom is 0.0702 e. The number of para-hydroxylation sites is 1.